The predicted molar refractivity (Wildman–Crippen MR) is 164 cm³/mol. The highest BCUT2D eigenvalue weighted by molar-refractivity contribution is 5.92. The number of nitrogens with zero attached hydrogens (tertiary/aromatic N) is 7. The Balaban J connectivity index is 0.000000191. The summed E-state index contributed by atoms with van der Waals surface area (Å²) in [5.41, 5.74) is 4.37. The first-order chi connectivity index (χ1) is 18.7. The summed E-state index contributed by atoms with van der Waals surface area (Å²) in [7, 11) is 3.94. The molecule has 40 heavy (non-hydrogen) atoms. The van der Waals surface area contributed by atoms with Crippen LogP contribution in [0.25, 0.3) is 21.8 Å². The van der Waals surface area contributed by atoms with Crippen molar-refractivity contribution in [3.05, 3.63) is 48.8 Å². The van der Waals surface area contributed by atoms with E-state index in [-0.39, 0.29) is 18.5 Å². The third-order valence-corrected chi connectivity index (χ3v) is 7.27. The Labute approximate surface area is 242 Å². The number of hydrogen-bond donors (Lipinski definition) is 1. The summed E-state index contributed by atoms with van der Waals surface area (Å²) in [5, 5.41) is 14.5. The topological polar surface area (TPSA) is 83.7 Å². The van der Waals surface area contributed by atoms with Crippen LogP contribution in [-0.2, 0) is 18.8 Å². The number of hydrogen-bond acceptors (Lipinski definition) is 7. The van der Waals surface area contributed by atoms with Gasteiger partial charge in [0.25, 0.3) is 0 Å². The molecule has 2 aliphatic rings. The molecule has 0 bridgehead atoms. The second-order valence-electron chi connectivity index (χ2n) is 11.1. The molecule has 1 N–H and O–H groups in total. The molecular weight excluding hydrogens is 528 g/mol. The minimum atomic E-state index is -0.449. The Morgan fingerprint density at radius 3 is 1.73 bits per heavy atom. The van der Waals surface area contributed by atoms with Gasteiger partial charge >= 0.3 is 6.09 Å². The van der Waals surface area contributed by atoms with E-state index in [1.54, 1.807) is 4.90 Å². The number of aromatic nitrogens is 4. The van der Waals surface area contributed by atoms with E-state index in [1.807, 2.05) is 56.6 Å². The van der Waals surface area contributed by atoms with E-state index in [1.165, 1.54) is 22.3 Å². The molecule has 11 heteroatoms. The molecule has 0 atom stereocenters. The monoisotopic (exact) mass is 568 g/mol. The molecule has 2 aliphatic heterocycles. The van der Waals surface area contributed by atoms with E-state index in [4.69, 9.17) is 4.74 Å². The summed E-state index contributed by atoms with van der Waals surface area (Å²) in [5.74, 6) is 0. The number of rotatable bonds is 2. The lowest BCUT2D eigenvalue weighted by atomic mass is 10.2. The average Bonchev–Trinajstić information content (AvgIpc) is 3.51. The van der Waals surface area contributed by atoms with E-state index in [0.717, 1.165) is 50.2 Å². The van der Waals surface area contributed by atoms with Gasteiger partial charge < -0.3 is 24.8 Å². The van der Waals surface area contributed by atoms with Crippen molar-refractivity contribution in [3.8, 4) is 0 Å². The molecule has 2 saturated heterocycles. The molecule has 6 rings (SSSR count). The second-order valence-corrected chi connectivity index (χ2v) is 11.1. The highest BCUT2D eigenvalue weighted by Crippen LogP contribution is 2.28. The van der Waals surface area contributed by atoms with Crippen LogP contribution in [0.5, 0.6) is 0 Å². The molecule has 4 heterocycles. The lowest BCUT2D eigenvalue weighted by Gasteiger charge is -2.37. The minimum Gasteiger partial charge on any atom is -0.444 e. The lowest BCUT2D eigenvalue weighted by Crippen LogP contribution is -2.50. The van der Waals surface area contributed by atoms with Gasteiger partial charge in [0.1, 0.15) is 5.60 Å². The van der Waals surface area contributed by atoms with Crippen LogP contribution in [0.15, 0.2) is 48.8 Å². The highest BCUT2D eigenvalue weighted by Gasteiger charge is 2.26. The summed E-state index contributed by atoms with van der Waals surface area (Å²) in [6, 6.07) is 12.7. The van der Waals surface area contributed by atoms with Gasteiger partial charge in [-0.2, -0.15) is 10.2 Å². The van der Waals surface area contributed by atoms with Crippen molar-refractivity contribution in [1.82, 2.24) is 29.8 Å². The number of nitrogens with one attached hydrogen (secondary N) is 1. The van der Waals surface area contributed by atoms with Crippen molar-refractivity contribution in [2.45, 2.75) is 26.4 Å². The molecule has 4 aromatic rings. The molecular formula is C29H41ClN8O2. The number of benzene rings is 2. The Kier molecular flexibility index (Phi) is 9.10. The summed E-state index contributed by atoms with van der Waals surface area (Å²) in [4.78, 5) is 18.7. The van der Waals surface area contributed by atoms with E-state index in [0.29, 0.717) is 13.1 Å². The fraction of sp³-hybridized carbons (Fsp3) is 0.483. The molecule has 216 valence electrons. The van der Waals surface area contributed by atoms with Gasteiger partial charge in [0.05, 0.1) is 23.4 Å². The number of carbonyl (C=O) groups excluding carboxylic acids is 1. The van der Waals surface area contributed by atoms with E-state index >= 15 is 0 Å². The third-order valence-electron chi connectivity index (χ3n) is 7.27. The zero-order valence-corrected chi connectivity index (χ0v) is 24.9. The Bertz CT molecular complexity index is 1430. The number of piperazine rings is 2. The zero-order chi connectivity index (χ0) is 27.6. The SMILES string of the molecule is Cl.Cn1ncc2c(N3CCN(C(=O)OC(C)(C)C)CC3)cccc21.Cn1ncc2c(N3CCNCC3)cccc21. The lowest BCUT2D eigenvalue weighted by molar-refractivity contribution is 0.0240. The number of fused-ring (bicyclic) bond motifs is 2. The van der Waals surface area contributed by atoms with Gasteiger partial charge in [0.2, 0.25) is 0 Å². The third kappa shape index (κ3) is 6.45. The molecule has 0 unspecified atom stereocenters. The van der Waals surface area contributed by atoms with Crippen LogP contribution in [0.3, 0.4) is 0 Å². The van der Waals surface area contributed by atoms with E-state index in [9.17, 15) is 4.79 Å². The summed E-state index contributed by atoms with van der Waals surface area (Å²) in [6.07, 6.45) is 3.65. The highest BCUT2D eigenvalue weighted by atomic mass is 35.5. The molecule has 2 aromatic carbocycles. The van der Waals surface area contributed by atoms with Crippen LogP contribution in [0.4, 0.5) is 16.2 Å². The van der Waals surface area contributed by atoms with Crippen LogP contribution in [0.1, 0.15) is 20.8 Å². The smallest absolute Gasteiger partial charge is 0.410 e. The average molecular weight is 569 g/mol. The fourth-order valence-corrected chi connectivity index (χ4v) is 5.24. The van der Waals surface area contributed by atoms with Crippen molar-refractivity contribution >= 4 is 51.7 Å². The summed E-state index contributed by atoms with van der Waals surface area (Å²) in [6.45, 7) is 12.9. The predicted octanol–water partition coefficient (Wildman–Crippen LogP) is 4.04. The number of aryl methyl sites for hydroxylation is 2. The maximum absolute atomic E-state index is 12.1. The number of halogens is 1. The van der Waals surface area contributed by atoms with Crippen LogP contribution < -0.4 is 15.1 Å². The van der Waals surface area contributed by atoms with Crippen molar-refractivity contribution in [2.24, 2.45) is 14.1 Å². The molecule has 0 radical (unpaired) electrons. The maximum atomic E-state index is 12.1. The van der Waals surface area contributed by atoms with Crippen molar-refractivity contribution in [2.75, 3.05) is 62.2 Å². The molecule has 0 aliphatic carbocycles. The van der Waals surface area contributed by atoms with Gasteiger partial charge in [-0.05, 0) is 45.0 Å². The van der Waals surface area contributed by atoms with Crippen molar-refractivity contribution in [3.63, 3.8) is 0 Å². The second kappa shape index (κ2) is 12.3. The first kappa shape index (κ1) is 29.5. The molecule has 0 saturated carbocycles. The van der Waals surface area contributed by atoms with Gasteiger partial charge in [0, 0.05) is 88.6 Å². The van der Waals surface area contributed by atoms with Gasteiger partial charge in [-0.25, -0.2) is 4.79 Å². The van der Waals surface area contributed by atoms with Gasteiger partial charge in [-0.3, -0.25) is 9.36 Å². The Morgan fingerprint density at radius 2 is 1.25 bits per heavy atom. The van der Waals surface area contributed by atoms with Crippen LogP contribution in [0, 0.1) is 0 Å². The van der Waals surface area contributed by atoms with Crippen molar-refractivity contribution < 1.29 is 9.53 Å². The number of amides is 1. The van der Waals surface area contributed by atoms with Crippen LogP contribution in [-0.4, -0.2) is 88.5 Å². The standard InChI is InChI=1S/C17H24N4O2.C12H16N4.ClH/c1-17(2,3)23-16(22)21-10-8-20(9-11-21)15-7-5-6-14-13(15)12-18-19(14)4;1-15-11-3-2-4-12(10(11)9-14-15)16-7-5-13-6-8-16;/h5-7,12H,8-11H2,1-4H3;2-4,9,13H,5-8H2,1H3;1H. The Hall–Kier alpha value is -3.50. The maximum Gasteiger partial charge on any atom is 0.410 e. The Morgan fingerprint density at radius 1 is 0.775 bits per heavy atom. The molecule has 10 nitrogen and oxygen atoms in total. The quantitative estimate of drug-likeness (QED) is 0.391. The molecule has 2 aromatic heterocycles. The van der Waals surface area contributed by atoms with Crippen LogP contribution >= 0.6 is 12.4 Å². The number of anilines is 2. The number of ether oxygens (including phenoxy) is 1. The minimum absolute atomic E-state index is 0. The first-order valence-corrected chi connectivity index (χ1v) is 13.7. The van der Waals surface area contributed by atoms with Gasteiger partial charge in [-0.1, -0.05) is 12.1 Å². The van der Waals surface area contributed by atoms with Gasteiger partial charge in [-0.15, -0.1) is 12.4 Å². The molecule has 1 amide bonds. The van der Waals surface area contributed by atoms with E-state index < -0.39 is 5.60 Å². The molecule has 0 spiro atoms. The first-order valence-electron chi connectivity index (χ1n) is 13.7. The summed E-state index contributed by atoms with van der Waals surface area (Å²) < 4.78 is 9.26. The zero-order valence-electron chi connectivity index (χ0n) is 24.1. The summed E-state index contributed by atoms with van der Waals surface area (Å²) >= 11 is 0. The number of carbonyl (C=O) groups is 1. The van der Waals surface area contributed by atoms with E-state index in [2.05, 4.69) is 61.7 Å². The molecule has 2 fully saturated rings. The van der Waals surface area contributed by atoms with Gasteiger partial charge in [0.15, 0.2) is 0 Å². The van der Waals surface area contributed by atoms with Crippen molar-refractivity contribution in [1.29, 1.82) is 0 Å². The van der Waals surface area contributed by atoms with Crippen LogP contribution in [0.2, 0.25) is 0 Å². The fourth-order valence-electron chi connectivity index (χ4n) is 5.24. The largest absolute Gasteiger partial charge is 0.444 e. The normalized spacial score (nSPS) is 16.0.